The lowest BCUT2D eigenvalue weighted by molar-refractivity contribution is 0.632. The predicted molar refractivity (Wildman–Crippen MR) is 76.7 cm³/mol. The van der Waals surface area contributed by atoms with Crippen LogP contribution in [0.2, 0.25) is 0 Å². The first-order valence-corrected chi connectivity index (χ1v) is 7.22. The molecule has 3 rings (SSSR count). The number of hydrogen-bond acceptors (Lipinski definition) is 4. The first-order valence-electron chi connectivity index (χ1n) is 5.55. The molecule has 0 atom stereocenters. The summed E-state index contributed by atoms with van der Waals surface area (Å²) in [7, 11) is 0. The van der Waals surface area contributed by atoms with Crippen LogP contribution in [-0.4, -0.2) is 19.8 Å². The number of benzene rings is 1. The molecule has 0 saturated heterocycles. The second kappa shape index (κ2) is 5.10. The van der Waals surface area contributed by atoms with Gasteiger partial charge in [0, 0.05) is 4.47 Å². The minimum atomic E-state index is -0.231. The summed E-state index contributed by atoms with van der Waals surface area (Å²) in [6, 6.07) is 11.5. The van der Waals surface area contributed by atoms with Crippen LogP contribution in [0.3, 0.4) is 0 Å². The topological polar surface area (TPSA) is 52.7 Å². The Labute approximate surface area is 121 Å². The van der Waals surface area contributed by atoms with Crippen LogP contribution >= 0.6 is 27.3 Å². The van der Waals surface area contributed by atoms with Gasteiger partial charge in [0.1, 0.15) is 5.00 Å². The zero-order valence-corrected chi connectivity index (χ0v) is 12.1. The summed E-state index contributed by atoms with van der Waals surface area (Å²) in [6.07, 6.45) is 0. The molecule has 5 nitrogen and oxygen atoms in total. The molecule has 0 amide bonds. The third kappa shape index (κ3) is 2.52. The van der Waals surface area contributed by atoms with E-state index in [1.54, 1.807) is 0 Å². The van der Waals surface area contributed by atoms with Gasteiger partial charge in [0.2, 0.25) is 0 Å². The molecule has 2 heterocycles. The highest BCUT2D eigenvalue weighted by atomic mass is 79.9. The zero-order chi connectivity index (χ0) is 13.2. The Morgan fingerprint density at radius 3 is 2.63 bits per heavy atom. The molecule has 0 spiro atoms. The van der Waals surface area contributed by atoms with Gasteiger partial charge in [0.05, 0.1) is 6.54 Å². The smallest absolute Gasteiger partial charge is 0.244 e. The molecule has 0 aliphatic heterocycles. The lowest BCUT2D eigenvalue weighted by atomic mass is 10.2. The van der Waals surface area contributed by atoms with Crippen LogP contribution in [0.15, 0.2) is 51.0 Å². The normalized spacial score (nSPS) is 10.8. The number of halogens is 1. The molecule has 0 unspecified atom stereocenters. The fourth-order valence-corrected chi connectivity index (χ4v) is 2.60. The van der Waals surface area contributed by atoms with Gasteiger partial charge in [-0.2, -0.15) is 9.36 Å². The average molecular weight is 337 g/mol. The molecule has 0 radical (unpaired) electrons. The van der Waals surface area contributed by atoms with Crippen LogP contribution in [0.25, 0.3) is 5.00 Å². The van der Waals surface area contributed by atoms with E-state index in [1.807, 2.05) is 41.8 Å². The molecule has 0 saturated carbocycles. The molecular formula is C12H9BrN4OS. The monoisotopic (exact) mass is 336 g/mol. The molecule has 96 valence electrons. The van der Waals surface area contributed by atoms with Crippen molar-refractivity contribution < 1.29 is 0 Å². The highest BCUT2D eigenvalue weighted by Crippen LogP contribution is 2.12. The van der Waals surface area contributed by atoms with Gasteiger partial charge < -0.3 is 0 Å². The lowest BCUT2D eigenvalue weighted by Crippen LogP contribution is -2.24. The minimum absolute atomic E-state index is 0.231. The molecule has 3 aromatic rings. The van der Waals surface area contributed by atoms with Gasteiger partial charge in [-0.1, -0.05) is 28.1 Å². The van der Waals surface area contributed by atoms with Crippen molar-refractivity contribution in [3.8, 4) is 5.00 Å². The zero-order valence-electron chi connectivity index (χ0n) is 9.73. The lowest BCUT2D eigenvalue weighted by Gasteiger charge is -1.99. The van der Waals surface area contributed by atoms with Crippen LogP contribution in [-0.2, 0) is 6.54 Å². The maximum atomic E-state index is 12.1. The van der Waals surface area contributed by atoms with Crippen molar-refractivity contribution in [3.63, 3.8) is 0 Å². The van der Waals surface area contributed by atoms with E-state index >= 15 is 0 Å². The molecular weight excluding hydrogens is 328 g/mol. The molecule has 7 heteroatoms. The van der Waals surface area contributed by atoms with Gasteiger partial charge in [0.15, 0.2) is 0 Å². The Hall–Kier alpha value is -1.73. The first-order chi connectivity index (χ1) is 9.24. The molecule has 19 heavy (non-hydrogen) atoms. The predicted octanol–water partition coefficient (Wildman–Crippen LogP) is 2.30. The summed E-state index contributed by atoms with van der Waals surface area (Å²) in [5.74, 6) is 0. The van der Waals surface area contributed by atoms with Gasteiger partial charge in [-0.15, -0.1) is 11.3 Å². The summed E-state index contributed by atoms with van der Waals surface area (Å²) in [5, 5.41) is 10.5. The van der Waals surface area contributed by atoms with Crippen molar-refractivity contribution in [1.29, 1.82) is 0 Å². The number of tetrazole rings is 1. The van der Waals surface area contributed by atoms with E-state index in [0.717, 1.165) is 15.0 Å². The summed E-state index contributed by atoms with van der Waals surface area (Å²) < 4.78 is 3.66. The summed E-state index contributed by atoms with van der Waals surface area (Å²) in [4.78, 5) is 12.1. The van der Waals surface area contributed by atoms with Crippen LogP contribution < -0.4 is 5.69 Å². The SMILES string of the molecule is O=c1n(Cc2ccc(Br)cc2)nnn1-c1cccs1. The minimum Gasteiger partial charge on any atom is -0.244 e. The van der Waals surface area contributed by atoms with E-state index < -0.39 is 0 Å². The number of thiophene rings is 1. The Bertz CT molecular complexity index is 730. The Balaban J connectivity index is 1.91. The van der Waals surface area contributed by atoms with Crippen LogP contribution in [0.1, 0.15) is 5.56 Å². The fourth-order valence-electron chi connectivity index (χ4n) is 1.66. The van der Waals surface area contributed by atoms with Crippen LogP contribution in [0.5, 0.6) is 0 Å². The fraction of sp³-hybridized carbons (Fsp3) is 0.0833. The second-order valence-corrected chi connectivity index (χ2v) is 5.75. The Kier molecular flexibility index (Phi) is 3.31. The number of nitrogens with zero attached hydrogens (tertiary/aromatic N) is 4. The molecule has 0 bridgehead atoms. The number of hydrogen-bond donors (Lipinski definition) is 0. The summed E-state index contributed by atoms with van der Waals surface area (Å²) in [6.45, 7) is 0.414. The van der Waals surface area contributed by atoms with E-state index in [4.69, 9.17) is 0 Å². The summed E-state index contributed by atoms with van der Waals surface area (Å²) in [5.41, 5.74) is 0.772. The second-order valence-electron chi connectivity index (χ2n) is 3.91. The van der Waals surface area contributed by atoms with E-state index in [1.165, 1.54) is 20.7 Å². The highest BCUT2D eigenvalue weighted by Gasteiger charge is 2.09. The molecule has 0 N–H and O–H groups in total. The Morgan fingerprint density at radius 2 is 1.95 bits per heavy atom. The maximum absolute atomic E-state index is 12.1. The first kappa shape index (κ1) is 12.3. The molecule has 2 aromatic heterocycles. The highest BCUT2D eigenvalue weighted by molar-refractivity contribution is 9.10. The van der Waals surface area contributed by atoms with Crippen molar-refractivity contribution in [2.75, 3.05) is 0 Å². The van der Waals surface area contributed by atoms with Crippen LogP contribution in [0.4, 0.5) is 0 Å². The standard InChI is InChI=1S/C12H9BrN4OS/c13-10-5-3-9(4-6-10)8-16-12(18)17(15-14-16)11-2-1-7-19-11/h1-7H,8H2. The van der Waals surface area contributed by atoms with Crippen molar-refractivity contribution in [2.24, 2.45) is 0 Å². The number of rotatable bonds is 3. The third-order valence-corrected chi connectivity index (χ3v) is 3.97. The van der Waals surface area contributed by atoms with Gasteiger partial charge in [0.25, 0.3) is 0 Å². The van der Waals surface area contributed by atoms with Crippen molar-refractivity contribution >= 4 is 27.3 Å². The van der Waals surface area contributed by atoms with Gasteiger partial charge in [-0.25, -0.2) is 4.79 Å². The van der Waals surface area contributed by atoms with Crippen molar-refractivity contribution in [2.45, 2.75) is 6.54 Å². The third-order valence-electron chi connectivity index (χ3n) is 2.60. The average Bonchev–Trinajstić information content (AvgIpc) is 3.03. The largest absolute Gasteiger partial charge is 0.369 e. The quantitative estimate of drug-likeness (QED) is 0.737. The van der Waals surface area contributed by atoms with Crippen molar-refractivity contribution in [3.05, 3.63) is 62.3 Å². The molecule has 0 aliphatic rings. The van der Waals surface area contributed by atoms with E-state index in [9.17, 15) is 4.79 Å². The molecule has 0 aliphatic carbocycles. The van der Waals surface area contributed by atoms with E-state index in [-0.39, 0.29) is 5.69 Å². The molecule has 0 fully saturated rings. The summed E-state index contributed by atoms with van der Waals surface area (Å²) >= 11 is 4.83. The van der Waals surface area contributed by atoms with E-state index in [0.29, 0.717) is 6.54 Å². The van der Waals surface area contributed by atoms with Crippen LogP contribution in [0, 0.1) is 0 Å². The van der Waals surface area contributed by atoms with Gasteiger partial charge >= 0.3 is 5.69 Å². The number of aromatic nitrogens is 4. The molecule has 1 aromatic carbocycles. The maximum Gasteiger partial charge on any atom is 0.369 e. The van der Waals surface area contributed by atoms with E-state index in [2.05, 4.69) is 26.4 Å². The Morgan fingerprint density at radius 1 is 1.16 bits per heavy atom. The van der Waals surface area contributed by atoms with Gasteiger partial charge in [-0.3, -0.25) is 0 Å². The van der Waals surface area contributed by atoms with Gasteiger partial charge in [-0.05, 0) is 45.6 Å². The van der Waals surface area contributed by atoms with Crippen molar-refractivity contribution in [1.82, 2.24) is 19.8 Å².